The van der Waals surface area contributed by atoms with E-state index in [2.05, 4.69) is 19.2 Å². The molecule has 0 spiro atoms. The van der Waals surface area contributed by atoms with E-state index in [0.29, 0.717) is 80.5 Å². The van der Waals surface area contributed by atoms with Gasteiger partial charge >= 0.3 is 11.9 Å². The number of fused-ring (bicyclic) bond motifs is 4. The van der Waals surface area contributed by atoms with Gasteiger partial charge in [0, 0.05) is 43.2 Å². The van der Waals surface area contributed by atoms with E-state index in [4.69, 9.17) is 33.2 Å². The van der Waals surface area contributed by atoms with Crippen molar-refractivity contribution in [3.63, 3.8) is 0 Å². The smallest absolute Gasteiger partial charge is 0.306 e. The van der Waals surface area contributed by atoms with Gasteiger partial charge in [0.25, 0.3) is 0 Å². The Hall–Kier alpha value is -3.92. The number of carbonyl (C=O) groups is 2. The normalized spacial score (nSPS) is 21.7. The predicted octanol–water partition coefficient (Wildman–Crippen LogP) is 5.56. The van der Waals surface area contributed by atoms with Crippen LogP contribution in [0.15, 0.2) is 30.4 Å². The van der Waals surface area contributed by atoms with Crippen LogP contribution in [0, 0.1) is 0 Å². The zero-order valence-electron chi connectivity index (χ0n) is 28.3. The molecule has 2 aromatic carbocycles. The van der Waals surface area contributed by atoms with Gasteiger partial charge in [-0.15, -0.1) is 0 Å². The van der Waals surface area contributed by atoms with E-state index in [9.17, 15) is 9.59 Å². The minimum atomic E-state index is -0.245. The molecule has 252 valence electrons. The second-order valence-electron chi connectivity index (χ2n) is 12.0. The molecule has 2 atom stereocenters. The minimum Gasteiger partial charge on any atom is -0.493 e. The summed E-state index contributed by atoms with van der Waals surface area (Å²) < 4.78 is 40.9. The number of methoxy groups -OCH3 is 5. The van der Waals surface area contributed by atoms with Crippen LogP contribution in [0.1, 0.15) is 66.8 Å². The number of likely N-dealkylation sites (N-methyl/N-ethyl adjacent to an activating group) is 1. The summed E-state index contributed by atoms with van der Waals surface area (Å²) in [5, 5.41) is 0. The summed E-state index contributed by atoms with van der Waals surface area (Å²) in [5.41, 5.74) is 4.49. The lowest BCUT2D eigenvalue weighted by atomic mass is 9.84. The molecular formula is C36H50NO9+. The zero-order chi connectivity index (χ0) is 33.1. The predicted molar refractivity (Wildman–Crippen MR) is 174 cm³/mol. The number of cyclic esters (lactones) is 2. The number of allylic oxidation sites excluding steroid dienone is 2. The fourth-order valence-corrected chi connectivity index (χ4v) is 6.69. The summed E-state index contributed by atoms with van der Waals surface area (Å²) >= 11 is 0. The van der Waals surface area contributed by atoms with Gasteiger partial charge in [-0.2, -0.15) is 0 Å². The van der Waals surface area contributed by atoms with Crippen LogP contribution in [0.25, 0.3) is 0 Å². The van der Waals surface area contributed by atoms with Gasteiger partial charge in [0.15, 0.2) is 23.0 Å². The average Bonchev–Trinajstić information content (AvgIpc) is 3.06. The molecule has 10 heteroatoms. The lowest BCUT2D eigenvalue weighted by Crippen LogP contribution is -2.52. The second kappa shape index (κ2) is 16.6. The van der Waals surface area contributed by atoms with Crippen molar-refractivity contribution < 1.29 is 47.2 Å². The molecule has 2 aliphatic rings. The Balaban J connectivity index is 1.79. The van der Waals surface area contributed by atoms with Crippen LogP contribution in [0.5, 0.6) is 28.7 Å². The maximum Gasteiger partial charge on any atom is 0.306 e. The van der Waals surface area contributed by atoms with E-state index in [1.165, 1.54) is 11.1 Å². The quantitative estimate of drug-likeness (QED) is 0.237. The van der Waals surface area contributed by atoms with Crippen molar-refractivity contribution in [1.82, 2.24) is 0 Å². The minimum absolute atomic E-state index is 0.0397. The van der Waals surface area contributed by atoms with Gasteiger partial charge in [-0.3, -0.25) is 9.59 Å². The van der Waals surface area contributed by atoms with E-state index >= 15 is 0 Å². The van der Waals surface area contributed by atoms with E-state index in [-0.39, 0.29) is 24.4 Å². The van der Waals surface area contributed by atoms with Crippen molar-refractivity contribution in [2.45, 2.75) is 63.8 Å². The summed E-state index contributed by atoms with van der Waals surface area (Å²) in [6.45, 7) is 2.38. The van der Waals surface area contributed by atoms with Gasteiger partial charge < -0.3 is 37.6 Å². The first-order valence-electron chi connectivity index (χ1n) is 16.1. The fourth-order valence-electron chi connectivity index (χ4n) is 6.69. The van der Waals surface area contributed by atoms with Crippen molar-refractivity contribution in [3.05, 3.63) is 52.6 Å². The molecule has 46 heavy (non-hydrogen) atoms. The van der Waals surface area contributed by atoms with Crippen LogP contribution in [-0.2, 0) is 38.3 Å². The number of rotatable bonds is 5. The van der Waals surface area contributed by atoms with E-state index in [1.807, 2.05) is 18.2 Å². The summed E-state index contributed by atoms with van der Waals surface area (Å²) in [7, 11) is 10.5. The number of carbonyl (C=O) groups excluding carboxylic acids is 2. The third-order valence-corrected chi connectivity index (χ3v) is 9.19. The van der Waals surface area contributed by atoms with Crippen LogP contribution < -0.4 is 23.7 Å². The lowest BCUT2D eigenvalue weighted by molar-refractivity contribution is -0.941. The summed E-state index contributed by atoms with van der Waals surface area (Å²) in [4.78, 5) is 24.8. The molecule has 0 bridgehead atoms. The number of esters is 2. The summed E-state index contributed by atoms with van der Waals surface area (Å²) in [6, 6.07) is 6.29. The molecular weight excluding hydrogens is 590 g/mol. The number of quaternary nitrogens is 1. The highest BCUT2D eigenvalue weighted by molar-refractivity contribution is 5.70. The molecule has 2 aromatic rings. The molecule has 1 unspecified atom stereocenters. The Morgan fingerprint density at radius 3 is 1.85 bits per heavy atom. The number of hydrogen-bond donors (Lipinski definition) is 0. The van der Waals surface area contributed by atoms with Crippen molar-refractivity contribution in [2.75, 3.05) is 68.9 Å². The topological polar surface area (TPSA) is 98.8 Å². The van der Waals surface area contributed by atoms with E-state index in [1.54, 1.807) is 35.5 Å². The molecule has 10 nitrogen and oxygen atoms in total. The van der Waals surface area contributed by atoms with Crippen LogP contribution in [0.2, 0.25) is 0 Å². The lowest BCUT2D eigenvalue weighted by Gasteiger charge is -2.46. The SMILES string of the molecule is COc1cc2c(cc1OC)C1Cc3cc(OC)c(OC)c(OC)c3CCCOC(=O)CCC=CCCC(=O)OCCC[N@@+]1(C)CC2. The summed E-state index contributed by atoms with van der Waals surface area (Å²) in [6.07, 6.45) is 9.13. The molecule has 0 aromatic heterocycles. The van der Waals surface area contributed by atoms with Crippen molar-refractivity contribution in [3.8, 4) is 28.7 Å². The first kappa shape index (κ1) is 34.9. The molecule has 2 aliphatic heterocycles. The highest BCUT2D eigenvalue weighted by Gasteiger charge is 2.40. The van der Waals surface area contributed by atoms with Gasteiger partial charge in [0.2, 0.25) is 5.75 Å². The largest absolute Gasteiger partial charge is 0.493 e. The van der Waals surface area contributed by atoms with Gasteiger partial charge in [0.05, 0.1) is 68.9 Å². The molecule has 0 aliphatic carbocycles. The Morgan fingerprint density at radius 1 is 0.652 bits per heavy atom. The third-order valence-electron chi connectivity index (χ3n) is 9.19. The average molecular weight is 641 g/mol. The highest BCUT2D eigenvalue weighted by Crippen LogP contribution is 2.47. The molecule has 2 heterocycles. The van der Waals surface area contributed by atoms with Crippen molar-refractivity contribution >= 4 is 11.9 Å². The van der Waals surface area contributed by atoms with Crippen LogP contribution in [0.4, 0.5) is 0 Å². The number of hydrogen-bond acceptors (Lipinski definition) is 9. The number of benzene rings is 2. The first-order valence-corrected chi connectivity index (χ1v) is 16.1. The maximum atomic E-state index is 12.4. The summed E-state index contributed by atoms with van der Waals surface area (Å²) in [5.74, 6) is 2.69. The second-order valence-corrected chi connectivity index (χ2v) is 12.0. The Kier molecular flexibility index (Phi) is 12.6. The van der Waals surface area contributed by atoms with Crippen LogP contribution >= 0.6 is 0 Å². The molecule has 0 fully saturated rings. The third kappa shape index (κ3) is 8.26. The van der Waals surface area contributed by atoms with Crippen LogP contribution in [-0.4, -0.2) is 85.3 Å². The molecule has 0 saturated heterocycles. The molecule has 4 rings (SSSR count). The Morgan fingerprint density at radius 2 is 1.24 bits per heavy atom. The highest BCUT2D eigenvalue weighted by atomic mass is 16.5. The number of nitrogens with zero attached hydrogens (tertiary/aromatic N) is 1. The zero-order valence-corrected chi connectivity index (χ0v) is 28.3. The molecule has 0 amide bonds. The van der Waals surface area contributed by atoms with E-state index < -0.39 is 0 Å². The van der Waals surface area contributed by atoms with E-state index in [0.717, 1.165) is 41.5 Å². The van der Waals surface area contributed by atoms with Crippen molar-refractivity contribution in [2.24, 2.45) is 0 Å². The van der Waals surface area contributed by atoms with Crippen molar-refractivity contribution in [1.29, 1.82) is 0 Å². The Bertz CT molecular complexity index is 1390. The fraction of sp³-hybridized carbons (Fsp3) is 0.556. The van der Waals surface area contributed by atoms with Gasteiger partial charge in [-0.05, 0) is 55.0 Å². The van der Waals surface area contributed by atoms with Gasteiger partial charge in [-0.1, -0.05) is 12.2 Å². The first-order chi connectivity index (χ1) is 22.3. The monoisotopic (exact) mass is 640 g/mol. The molecule has 0 saturated carbocycles. The maximum absolute atomic E-state index is 12.4. The standard InChI is InChI=1S/C36H50NO9/c1-37-17-12-20-46-34(39)15-10-8-7-9-14-33(38)45-19-11-13-27-26(23-32(42-4)36(44-6)35(27)43-5)21-29(37)28-24-31(41-3)30(40-2)22-25(28)16-18-37/h7-8,22-24,29H,9-21H2,1-6H3/q+1/t29?,37-/m0/s1. The Labute approximate surface area is 273 Å². The van der Waals surface area contributed by atoms with Gasteiger partial charge in [0.1, 0.15) is 6.04 Å². The van der Waals surface area contributed by atoms with Crippen LogP contribution in [0.3, 0.4) is 0 Å². The van der Waals surface area contributed by atoms with Gasteiger partial charge in [-0.25, -0.2) is 0 Å². The molecule has 0 N–H and O–H groups in total. The molecule has 0 radical (unpaired) electrons. The number of ether oxygens (including phenoxy) is 7.